The van der Waals surface area contributed by atoms with E-state index < -0.39 is 5.60 Å². The lowest BCUT2D eigenvalue weighted by Crippen LogP contribution is -2.41. The average Bonchev–Trinajstić information content (AvgIpc) is 3.23. The SMILES string of the molecule is CC(C)(C)OC(=O)N(CCNCc1ccc(Cl)cc1Br)C1CC1. The molecule has 1 aliphatic rings. The third-order valence-electron chi connectivity index (χ3n) is 3.48. The molecule has 0 aliphatic heterocycles. The van der Waals surface area contributed by atoms with Gasteiger partial charge < -0.3 is 15.0 Å². The van der Waals surface area contributed by atoms with Crippen molar-refractivity contribution in [1.82, 2.24) is 10.2 Å². The van der Waals surface area contributed by atoms with Gasteiger partial charge in [0.25, 0.3) is 0 Å². The Morgan fingerprint density at radius 3 is 2.70 bits per heavy atom. The van der Waals surface area contributed by atoms with Gasteiger partial charge in [0.2, 0.25) is 0 Å². The summed E-state index contributed by atoms with van der Waals surface area (Å²) in [6.07, 6.45) is 1.93. The fourth-order valence-corrected chi connectivity index (χ4v) is 3.04. The monoisotopic (exact) mass is 402 g/mol. The highest BCUT2D eigenvalue weighted by Gasteiger charge is 2.34. The van der Waals surface area contributed by atoms with Crippen LogP contribution >= 0.6 is 27.5 Å². The van der Waals surface area contributed by atoms with E-state index in [1.165, 1.54) is 0 Å². The number of halogens is 2. The summed E-state index contributed by atoms with van der Waals surface area (Å²) in [4.78, 5) is 14.1. The van der Waals surface area contributed by atoms with Crippen LogP contribution in [0, 0.1) is 0 Å². The molecule has 128 valence electrons. The lowest BCUT2D eigenvalue weighted by molar-refractivity contribution is 0.0236. The van der Waals surface area contributed by atoms with Crippen molar-refractivity contribution in [2.75, 3.05) is 13.1 Å². The van der Waals surface area contributed by atoms with E-state index in [4.69, 9.17) is 16.3 Å². The number of hydrogen-bond donors (Lipinski definition) is 1. The van der Waals surface area contributed by atoms with Crippen LogP contribution in [0.15, 0.2) is 22.7 Å². The number of rotatable bonds is 6. The Labute approximate surface area is 151 Å². The van der Waals surface area contributed by atoms with Crippen LogP contribution in [0.2, 0.25) is 5.02 Å². The number of benzene rings is 1. The molecule has 0 aromatic heterocycles. The van der Waals surface area contributed by atoms with Gasteiger partial charge in [-0.15, -0.1) is 0 Å². The fourth-order valence-electron chi connectivity index (χ4n) is 2.22. The van der Waals surface area contributed by atoms with Crippen molar-refractivity contribution in [3.8, 4) is 0 Å². The van der Waals surface area contributed by atoms with Crippen LogP contribution < -0.4 is 5.32 Å². The highest BCUT2D eigenvalue weighted by atomic mass is 79.9. The van der Waals surface area contributed by atoms with Gasteiger partial charge in [-0.25, -0.2) is 4.79 Å². The third-order valence-corrected chi connectivity index (χ3v) is 4.45. The Balaban J connectivity index is 1.79. The first-order valence-corrected chi connectivity index (χ1v) is 9.07. The predicted molar refractivity (Wildman–Crippen MR) is 96.8 cm³/mol. The molecule has 0 heterocycles. The summed E-state index contributed by atoms with van der Waals surface area (Å²) in [5.74, 6) is 0. The number of ether oxygens (including phenoxy) is 1. The second-order valence-corrected chi connectivity index (χ2v) is 8.11. The molecule has 6 heteroatoms. The van der Waals surface area contributed by atoms with Crippen LogP contribution in [-0.2, 0) is 11.3 Å². The minimum absolute atomic E-state index is 0.213. The molecular formula is C17H24BrClN2O2. The molecule has 1 aromatic carbocycles. The number of nitrogens with one attached hydrogen (secondary N) is 1. The minimum atomic E-state index is -0.453. The molecule has 0 radical (unpaired) electrons. The molecule has 0 bridgehead atoms. The molecule has 0 unspecified atom stereocenters. The number of carbonyl (C=O) groups is 1. The first kappa shape index (κ1) is 18.6. The Morgan fingerprint density at radius 2 is 2.13 bits per heavy atom. The Kier molecular flexibility index (Phi) is 6.34. The lowest BCUT2D eigenvalue weighted by Gasteiger charge is -2.27. The smallest absolute Gasteiger partial charge is 0.410 e. The van der Waals surface area contributed by atoms with Crippen molar-refractivity contribution in [2.45, 2.75) is 51.8 Å². The third kappa shape index (κ3) is 6.32. The molecule has 1 aliphatic carbocycles. The predicted octanol–water partition coefficient (Wildman–Crippen LogP) is 4.59. The van der Waals surface area contributed by atoms with E-state index in [1.807, 2.05) is 43.9 Å². The molecule has 1 aromatic rings. The van der Waals surface area contributed by atoms with Gasteiger partial charge in [-0.3, -0.25) is 0 Å². The fraction of sp³-hybridized carbons (Fsp3) is 0.588. The highest BCUT2D eigenvalue weighted by Crippen LogP contribution is 2.28. The summed E-state index contributed by atoms with van der Waals surface area (Å²) in [5, 5.41) is 4.08. The summed E-state index contributed by atoms with van der Waals surface area (Å²) in [6, 6.07) is 6.09. The molecule has 1 amide bonds. The van der Waals surface area contributed by atoms with Gasteiger partial charge in [0.1, 0.15) is 5.60 Å². The maximum absolute atomic E-state index is 12.2. The second-order valence-electron chi connectivity index (χ2n) is 6.82. The van der Waals surface area contributed by atoms with E-state index in [9.17, 15) is 4.79 Å². The van der Waals surface area contributed by atoms with Gasteiger partial charge in [0, 0.05) is 35.2 Å². The molecule has 1 N–H and O–H groups in total. The first-order chi connectivity index (χ1) is 10.8. The van der Waals surface area contributed by atoms with E-state index in [1.54, 1.807) is 0 Å². The van der Waals surface area contributed by atoms with Crippen LogP contribution in [-0.4, -0.2) is 35.7 Å². The lowest BCUT2D eigenvalue weighted by atomic mass is 10.2. The van der Waals surface area contributed by atoms with Gasteiger partial charge in [-0.2, -0.15) is 0 Å². The zero-order valence-electron chi connectivity index (χ0n) is 13.9. The first-order valence-electron chi connectivity index (χ1n) is 7.90. The standard InChI is InChI=1S/C17H24BrClN2O2/c1-17(2,3)23-16(22)21(14-6-7-14)9-8-20-11-12-4-5-13(19)10-15(12)18/h4-5,10,14,20H,6-9,11H2,1-3H3. The number of hydrogen-bond acceptors (Lipinski definition) is 3. The van der Waals surface area contributed by atoms with E-state index in [0.29, 0.717) is 17.6 Å². The average molecular weight is 404 g/mol. The number of carbonyl (C=O) groups excluding carboxylic acids is 1. The van der Waals surface area contributed by atoms with Gasteiger partial charge >= 0.3 is 6.09 Å². The van der Waals surface area contributed by atoms with Crippen LogP contribution in [0.3, 0.4) is 0 Å². The van der Waals surface area contributed by atoms with E-state index in [-0.39, 0.29) is 6.09 Å². The van der Waals surface area contributed by atoms with Crippen molar-refractivity contribution >= 4 is 33.6 Å². The molecule has 1 fully saturated rings. The zero-order chi connectivity index (χ0) is 17.0. The van der Waals surface area contributed by atoms with Crippen molar-refractivity contribution in [1.29, 1.82) is 0 Å². The summed E-state index contributed by atoms with van der Waals surface area (Å²) >= 11 is 9.45. The molecule has 0 atom stereocenters. The van der Waals surface area contributed by atoms with Crippen molar-refractivity contribution in [2.24, 2.45) is 0 Å². The van der Waals surface area contributed by atoms with Gasteiger partial charge in [-0.1, -0.05) is 33.6 Å². The van der Waals surface area contributed by atoms with Crippen molar-refractivity contribution in [3.63, 3.8) is 0 Å². The molecule has 1 saturated carbocycles. The molecule has 23 heavy (non-hydrogen) atoms. The summed E-state index contributed by atoms with van der Waals surface area (Å²) in [5.41, 5.74) is 0.691. The topological polar surface area (TPSA) is 41.6 Å². The maximum Gasteiger partial charge on any atom is 0.410 e. The highest BCUT2D eigenvalue weighted by molar-refractivity contribution is 9.10. The van der Waals surface area contributed by atoms with Crippen LogP contribution in [0.4, 0.5) is 4.79 Å². The van der Waals surface area contributed by atoms with Crippen LogP contribution in [0.1, 0.15) is 39.2 Å². The zero-order valence-corrected chi connectivity index (χ0v) is 16.2. The van der Waals surface area contributed by atoms with Crippen LogP contribution in [0.25, 0.3) is 0 Å². The van der Waals surface area contributed by atoms with Gasteiger partial charge in [-0.05, 0) is 51.3 Å². The van der Waals surface area contributed by atoms with E-state index in [0.717, 1.165) is 36.0 Å². The second kappa shape index (κ2) is 7.86. The van der Waals surface area contributed by atoms with Crippen molar-refractivity contribution < 1.29 is 9.53 Å². The maximum atomic E-state index is 12.2. The summed E-state index contributed by atoms with van der Waals surface area (Å²) in [6.45, 7) is 7.80. The Morgan fingerprint density at radius 1 is 1.43 bits per heavy atom. The molecule has 2 rings (SSSR count). The summed E-state index contributed by atoms with van der Waals surface area (Å²) < 4.78 is 6.48. The van der Waals surface area contributed by atoms with Crippen molar-refractivity contribution in [3.05, 3.63) is 33.3 Å². The molecule has 0 saturated heterocycles. The largest absolute Gasteiger partial charge is 0.444 e. The molecule has 4 nitrogen and oxygen atoms in total. The number of amides is 1. The minimum Gasteiger partial charge on any atom is -0.444 e. The Hall–Kier alpha value is -0.780. The molecular weight excluding hydrogens is 380 g/mol. The quantitative estimate of drug-likeness (QED) is 0.706. The van der Waals surface area contributed by atoms with Gasteiger partial charge in [0.05, 0.1) is 0 Å². The Bertz CT molecular complexity index is 556. The number of nitrogens with zero attached hydrogens (tertiary/aromatic N) is 1. The van der Waals surface area contributed by atoms with E-state index in [2.05, 4.69) is 21.2 Å². The normalized spacial score (nSPS) is 14.7. The van der Waals surface area contributed by atoms with Crippen LogP contribution in [0.5, 0.6) is 0 Å². The van der Waals surface area contributed by atoms with E-state index >= 15 is 0 Å². The van der Waals surface area contributed by atoms with Gasteiger partial charge in [0.15, 0.2) is 0 Å². The summed E-state index contributed by atoms with van der Waals surface area (Å²) in [7, 11) is 0. The molecule has 0 spiro atoms.